The third-order valence-corrected chi connectivity index (χ3v) is 3.26. The fourth-order valence-electron chi connectivity index (χ4n) is 2.24. The average molecular weight is 277 g/mol. The Morgan fingerprint density at radius 3 is 2.90 bits per heavy atom. The van der Waals surface area contributed by atoms with Gasteiger partial charge in [-0.05, 0) is 18.6 Å². The first-order valence-corrected chi connectivity index (χ1v) is 6.70. The third kappa shape index (κ3) is 2.84. The van der Waals surface area contributed by atoms with E-state index in [1.807, 2.05) is 55.5 Å². The molecule has 3 aromatic rings. The Hall–Kier alpha value is -2.88. The maximum atomic E-state index is 12.1. The van der Waals surface area contributed by atoms with E-state index in [2.05, 4.69) is 15.5 Å². The first kappa shape index (κ1) is 13.1. The van der Waals surface area contributed by atoms with Gasteiger partial charge >= 0.3 is 0 Å². The number of amides is 1. The lowest BCUT2D eigenvalue weighted by Crippen LogP contribution is -2.17. The number of carbonyl (C=O) groups is 1. The van der Waals surface area contributed by atoms with Gasteiger partial charge in [0.15, 0.2) is 0 Å². The number of rotatable bonds is 3. The van der Waals surface area contributed by atoms with Crippen LogP contribution in [0, 0.1) is 6.92 Å². The molecule has 1 aromatic heterocycles. The highest BCUT2D eigenvalue weighted by molar-refractivity contribution is 6.06. The summed E-state index contributed by atoms with van der Waals surface area (Å²) in [7, 11) is 0. The van der Waals surface area contributed by atoms with E-state index in [0.717, 1.165) is 22.0 Å². The number of fused-ring (bicyclic) bond motifs is 1. The van der Waals surface area contributed by atoms with Gasteiger partial charge in [0.2, 0.25) is 0 Å². The summed E-state index contributed by atoms with van der Waals surface area (Å²) < 4.78 is 0. The van der Waals surface area contributed by atoms with Gasteiger partial charge < -0.3 is 4.98 Å². The smallest absolute Gasteiger partial charge is 0.273 e. The van der Waals surface area contributed by atoms with Crippen LogP contribution in [0.1, 0.15) is 21.5 Å². The molecule has 0 radical (unpaired) electrons. The largest absolute Gasteiger partial charge is 0.360 e. The lowest BCUT2D eigenvalue weighted by atomic mass is 10.1. The van der Waals surface area contributed by atoms with E-state index < -0.39 is 0 Å². The maximum absolute atomic E-state index is 12.1. The minimum atomic E-state index is -0.226. The van der Waals surface area contributed by atoms with Crippen molar-refractivity contribution in [1.82, 2.24) is 10.4 Å². The number of nitrogens with one attached hydrogen (secondary N) is 2. The Labute approximate surface area is 122 Å². The molecule has 2 N–H and O–H groups in total. The number of aromatic amines is 1. The Morgan fingerprint density at radius 1 is 1.19 bits per heavy atom. The summed E-state index contributed by atoms with van der Waals surface area (Å²) >= 11 is 0. The summed E-state index contributed by atoms with van der Waals surface area (Å²) in [5.74, 6) is -0.226. The number of hydrogen-bond donors (Lipinski definition) is 2. The highest BCUT2D eigenvalue weighted by Crippen LogP contribution is 2.17. The molecular weight excluding hydrogens is 262 g/mol. The zero-order chi connectivity index (χ0) is 14.7. The van der Waals surface area contributed by atoms with E-state index in [9.17, 15) is 4.79 Å². The molecular formula is C17H15N3O. The fourth-order valence-corrected chi connectivity index (χ4v) is 2.24. The molecule has 0 atom stereocenters. The summed E-state index contributed by atoms with van der Waals surface area (Å²) in [5, 5.41) is 4.90. The lowest BCUT2D eigenvalue weighted by Gasteiger charge is -1.98. The van der Waals surface area contributed by atoms with E-state index in [-0.39, 0.29) is 5.91 Å². The molecule has 0 bridgehead atoms. The monoisotopic (exact) mass is 277 g/mol. The fraction of sp³-hybridized carbons (Fsp3) is 0.0588. The van der Waals surface area contributed by atoms with Crippen molar-refractivity contribution in [3.8, 4) is 0 Å². The molecule has 2 aromatic carbocycles. The van der Waals surface area contributed by atoms with Crippen molar-refractivity contribution in [3.63, 3.8) is 0 Å². The Morgan fingerprint density at radius 2 is 2.05 bits per heavy atom. The van der Waals surface area contributed by atoms with Crippen molar-refractivity contribution >= 4 is 23.0 Å². The number of hydrazone groups is 1. The second-order valence-electron chi connectivity index (χ2n) is 4.86. The molecule has 0 fully saturated rings. The van der Waals surface area contributed by atoms with Gasteiger partial charge in [0.05, 0.1) is 11.8 Å². The number of aryl methyl sites for hydroxylation is 1. The zero-order valence-corrected chi connectivity index (χ0v) is 11.6. The summed E-state index contributed by atoms with van der Waals surface area (Å²) in [5.41, 5.74) is 6.19. The third-order valence-electron chi connectivity index (χ3n) is 3.26. The minimum absolute atomic E-state index is 0.226. The predicted molar refractivity (Wildman–Crippen MR) is 84.5 cm³/mol. The van der Waals surface area contributed by atoms with E-state index in [1.165, 1.54) is 0 Å². The van der Waals surface area contributed by atoms with Crippen LogP contribution < -0.4 is 5.43 Å². The van der Waals surface area contributed by atoms with Crippen LogP contribution in [0.3, 0.4) is 0 Å². The lowest BCUT2D eigenvalue weighted by molar-refractivity contribution is 0.0957. The summed E-state index contributed by atoms with van der Waals surface area (Å²) in [6.45, 7) is 2.02. The molecule has 0 unspecified atom stereocenters. The highest BCUT2D eigenvalue weighted by Gasteiger charge is 2.10. The van der Waals surface area contributed by atoms with Crippen LogP contribution in [-0.4, -0.2) is 17.1 Å². The van der Waals surface area contributed by atoms with Crippen LogP contribution in [0.25, 0.3) is 10.9 Å². The average Bonchev–Trinajstić information content (AvgIpc) is 2.91. The first-order chi connectivity index (χ1) is 10.2. The molecule has 0 saturated carbocycles. The van der Waals surface area contributed by atoms with Gasteiger partial charge in [-0.1, -0.05) is 48.0 Å². The van der Waals surface area contributed by atoms with Crippen molar-refractivity contribution in [2.45, 2.75) is 6.92 Å². The minimum Gasteiger partial charge on any atom is -0.360 e. The molecule has 1 heterocycles. The van der Waals surface area contributed by atoms with Crippen molar-refractivity contribution in [2.75, 3.05) is 0 Å². The van der Waals surface area contributed by atoms with Gasteiger partial charge in [0, 0.05) is 17.1 Å². The topological polar surface area (TPSA) is 57.2 Å². The normalized spacial score (nSPS) is 11.1. The number of aromatic nitrogens is 1. The van der Waals surface area contributed by atoms with E-state index in [1.54, 1.807) is 12.4 Å². The Balaban J connectivity index is 1.75. The number of H-pyrrole nitrogens is 1. The molecule has 0 spiro atoms. The van der Waals surface area contributed by atoms with Crippen LogP contribution in [0.15, 0.2) is 59.8 Å². The van der Waals surface area contributed by atoms with Crippen molar-refractivity contribution in [1.29, 1.82) is 0 Å². The molecule has 4 nitrogen and oxygen atoms in total. The van der Waals surface area contributed by atoms with Gasteiger partial charge in [-0.3, -0.25) is 4.79 Å². The van der Waals surface area contributed by atoms with E-state index >= 15 is 0 Å². The summed E-state index contributed by atoms with van der Waals surface area (Å²) in [6.07, 6.45) is 3.34. The molecule has 3 rings (SSSR count). The van der Waals surface area contributed by atoms with Gasteiger partial charge in [-0.2, -0.15) is 5.10 Å². The zero-order valence-electron chi connectivity index (χ0n) is 11.6. The molecule has 0 saturated heterocycles. The van der Waals surface area contributed by atoms with E-state index in [4.69, 9.17) is 0 Å². The summed E-state index contributed by atoms with van der Waals surface area (Å²) in [4.78, 5) is 15.2. The van der Waals surface area contributed by atoms with Gasteiger partial charge in [-0.25, -0.2) is 5.43 Å². The molecule has 0 aliphatic heterocycles. The number of hydrogen-bond acceptors (Lipinski definition) is 2. The number of nitrogens with zero attached hydrogens (tertiary/aromatic N) is 1. The molecule has 4 heteroatoms. The van der Waals surface area contributed by atoms with Crippen LogP contribution in [-0.2, 0) is 0 Å². The van der Waals surface area contributed by atoms with Crippen molar-refractivity contribution < 1.29 is 4.79 Å². The quantitative estimate of drug-likeness (QED) is 0.560. The van der Waals surface area contributed by atoms with Gasteiger partial charge in [-0.15, -0.1) is 0 Å². The van der Waals surface area contributed by atoms with Crippen LogP contribution in [0.4, 0.5) is 0 Å². The molecule has 21 heavy (non-hydrogen) atoms. The SMILES string of the molecule is Cc1cccc(/C=N\NC(=O)c2c[nH]c3ccccc23)c1. The first-order valence-electron chi connectivity index (χ1n) is 6.70. The molecule has 1 amide bonds. The number of carbonyl (C=O) groups excluding carboxylic acids is 1. The summed E-state index contributed by atoms with van der Waals surface area (Å²) in [6, 6.07) is 15.6. The van der Waals surface area contributed by atoms with Gasteiger partial charge in [0.25, 0.3) is 5.91 Å². The number of benzene rings is 2. The van der Waals surface area contributed by atoms with Crippen molar-refractivity contribution in [2.24, 2.45) is 5.10 Å². The molecule has 0 aliphatic rings. The van der Waals surface area contributed by atoms with Gasteiger partial charge in [0.1, 0.15) is 0 Å². The molecule has 104 valence electrons. The maximum Gasteiger partial charge on any atom is 0.273 e. The predicted octanol–water partition coefficient (Wildman–Crippen LogP) is 3.24. The molecule has 0 aliphatic carbocycles. The number of para-hydroxylation sites is 1. The standard InChI is InChI=1S/C17H15N3O/c1-12-5-4-6-13(9-12)10-19-20-17(21)15-11-18-16-8-3-2-7-14(15)16/h2-11,18H,1H3,(H,20,21)/b19-10-. The Bertz CT molecular complexity index is 818. The second kappa shape index (κ2) is 5.63. The van der Waals surface area contributed by atoms with Crippen LogP contribution in [0.2, 0.25) is 0 Å². The van der Waals surface area contributed by atoms with E-state index in [0.29, 0.717) is 5.56 Å². The second-order valence-corrected chi connectivity index (χ2v) is 4.86. The Kier molecular flexibility index (Phi) is 3.51. The van der Waals surface area contributed by atoms with Crippen molar-refractivity contribution in [3.05, 3.63) is 71.4 Å². The highest BCUT2D eigenvalue weighted by atomic mass is 16.2. The van der Waals surface area contributed by atoms with Crippen LogP contribution in [0.5, 0.6) is 0 Å². The van der Waals surface area contributed by atoms with Crippen LogP contribution >= 0.6 is 0 Å².